The minimum atomic E-state index is -1.65. The molecule has 3 aliphatic heterocycles. The van der Waals surface area contributed by atoms with Crippen molar-refractivity contribution in [1.82, 2.24) is 5.32 Å². The molecule has 1 amide bonds. The molecule has 282 valence electrons. The number of phenols is 1. The first-order valence-electron chi connectivity index (χ1n) is 18.3. The number of unbranched alkanes of at least 4 members (excludes halogenated alkanes) is 1. The molecule has 4 aliphatic rings. The lowest BCUT2D eigenvalue weighted by molar-refractivity contribution is -0.124. The molecule has 4 bridgehead atoms. The number of carbonyl (C=O) groups is 3. The fourth-order valence-corrected chi connectivity index (χ4v) is 7.74. The fraction of sp³-hybridized carbons (Fsp3) is 0.625. The van der Waals surface area contributed by atoms with Crippen LogP contribution in [0.3, 0.4) is 0 Å². The van der Waals surface area contributed by atoms with Gasteiger partial charge in [0.25, 0.3) is 0 Å². The van der Waals surface area contributed by atoms with Crippen LogP contribution in [-0.2, 0) is 25.5 Å². The second-order valence-corrected chi connectivity index (χ2v) is 15.2. The van der Waals surface area contributed by atoms with Gasteiger partial charge in [-0.3, -0.25) is 14.9 Å². The molecule has 11 nitrogen and oxygen atoms in total. The van der Waals surface area contributed by atoms with Gasteiger partial charge >= 0.3 is 6.09 Å². The van der Waals surface area contributed by atoms with Crippen molar-refractivity contribution in [3.05, 3.63) is 53.3 Å². The number of anilines is 1. The van der Waals surface area contributed by atoms with Gasteiger partial charge in [-0.05, 0) is 76.5 Å². The molecule has 7 unspecified atom stereocenters. The molecular weight excluding hydrogens is 650 g/mol. The summed E-state index contributed by atoms with van der Waals surface area (Å²) in [6.07, 6.45) is 13.5. The molecule has 5 rings (SSSR count). The van der Waals surface area contributed by atoms with Crippen LogP contribution < -0.4 is 20.7 Å². The van der Waals surface area contributed by atoms with Crippen LogP contribution in [0.25, 0.3) is 0 Å². The van der Waals surface area contributed by atoms with E-state index in [0.717, 1.165) is 48.9 Å². The predicted molar refractivity (Wildman–Crippen MR) is 197 cm³/mol. The lowest BCUT2D eigenvalue weighted by Gasteiger charge is -2.42. The van der Waals surface area contributed by atoms with Crippen LogP contribution in [0.15, 0.2) is 47.7 Å². The summed E-state index contributed by atoms with van der Waals surface area (Å²) in [7, 11) is 3.60. The summed E-state index contributed by atoms with van der Waals surface area (Å²) in [6, 6.07) is 3.07. The number of ether oxygens (including phenoxy) is 3. The van der Waals surface area contributed by atoms with Gasteiger partial charge in [-0.2, -0.15) is 0 Å². The number of methoxy groups -OCH3 is 1. The van der Waals surface area contributed by atoms with Gasteiger partial charge in [-0.1, -0.05) is 69.4 Å². The SMILES string of the molecule is CC(=O)CC(C)=O.CCC/C=C1\CC(C2CCC2)C2(C)OC2C(C)C2CC(O)(NC(=O)O2)C(N)/C=C/C=C(\C)Cc2cc(OC)c(O)c(c2)N1C. The van der Waals surface area contributed by atoms with E-state index < -0.39 is 29.6 Å². The van der Waals surface area contributed by atoms with Crippen molar-refractivity contribution in [2.24, 2.45) is 23.5 Å². The Bertz CT molecular complexity index is 1520. The molecule has 11 heteroatoms. The molecule has 7 atom stereocenters. The summed E-state index contributed by atoms with van der Waals surface area (Å²) in [4.78, 5) is 34.9. The largest absolute Gasteiger partial charge is 0.503 e. The summed E-state index contributed by atoms with van der Waals surface area (Å²) in [5.74, 6) is 1.03. The molecule has 1 saturated carbocycles. The van der Waals surface area contributed by atoms with E-state index in [1.165, 1.54) is 20.3 Å². The highest BCUT2D eigenvalue weighted by atomic mass is 16.6. The smallest absolute Gasteiger partial charge is 0.409 e. The van der Waals surface area contributed by atoms with E-state index in [1.807, 2.05) is 45.2 Å². The Balaban J connectivity index is 0.000000755. The van der Waals surface area contributed by atoms with Crippen LogP contribution >= 0.6 is 0 Å². The standard InChI is InChI=1S/C35H51N3O6.C5H8O2/c1-7-8-14-25-19-26(24-12-10-13-24)34(4)32(44-34)22(3)29-20-35(41,37-33(40)43-29)30(36)15-9-11-21(2)16-23-17-27(38(25)5)31(39)28(18-23)42-6;1-4(6)3-5(2)7/h9,11,14-15,17-18,22,24,26,29-30,32,39,41H,7-8,10,12-13,16,19-20,36H2,1-6H3,(H,37,40);3H2,1-2H3/b15-9+,21-11+,25-14+;. The van der Waals surface area contributed by atoms with Gasteiger partial charge in [-0.15, -0.1) is 0 Å². The van der Waals surface area contributed by atoms with Gasteiger partial charge in [0.05, 0.1) is 37.0 Å². The third-order valence-electron chi connectivity index (χ3n) is 11.0. The normalized spacial score (nSPS) is 33.6. The number of hydrogen-bond acceptors (Lipinski definition) is 10. The topological polar surface area (TPSA) is 164 Å². The Kier molecular flexibility index (Phi) is 13.2. The Labute approximate surface area is 303 Å². The summed E-state index contributed by atoms with van der Waals surface area (Å²) < 4.78 is 18.0. The highest BCUT2D eigenvalue weighted by Gasteiger charge is 2.63. The van der Waals surface area contributed by atoms with Gasteiger partial charge in [0.1, 0.15) is 17.7 Å². The van der Waals surface area contributed by atoms with Crippen molar-refractivity contribution >= 4 is 23.3 Å². The number of nitrogens with zero attached hydrogens (tertiary/aromatic N) is 1. The van der Waals surface area contributed by atoms with E-state index in [4.69, 9.17) is 19.9 Å². The highest BCUT2D eigenvalue weighted by molar-refractivity contribution is 5.96. The third kappa shape index (κ3) is 9.61. The zero-order valence-corrected chi connectivity index (χ0v) is 31.7. The maximum Gasteiger partial charge on any atom is 0.409 e. The van der Waals surface area contributed by atoms with Gasteiger partial charge in [0.2, 0.25) is 0 Å². The molecule has 3 fully saturated rings. The maximum absolute atomic E-state index is 12.7. The summed E-state index contributed by atoms with van der Waals surface area (Å²) >= 11 is 0. The number of fused-ring (bicyclic) bond motifs is 5. The van der Waals surface area contributed by atoms with Crippen molar-refractivity contribution < 1.29 is 38.8 Å². The second kappa shape index (κ2) is 16.8. The molecule has 5 N–H and O–H groups in total. The van der Waals surface area contributed by atoms with E-state index >= 15 is 0 Å². The first-order valence-corrected chi connectivity index (χ1v) is 18.3. The molecule has 3 heterocycles. The molecule has 1 aromatic rings. The Morgan fingerprint density at radius 1 is 1.22 bits per heavy atom. The maximum atomic E-state index is 12.7. The molecule has 51 heavy (non-hydrogen) atoms. The number of benzene rings is 1. The number of hydrogen-bond donors (Lipinski definition) is 4. The van der Waals surface area contributed by atoms with Gasteiger partial charge in [0.15, 0.2) is 17.2 Å². The van der Waals surface area contributed by atoms with Crippen molar-refractivity contribution in [3.63, 3.8) is 0 Å². The molecule has 0 radical (unpaired) electrons. The van der Waals surface area contributed by atoms with Crippen LogP contribution in [0.1, 0.15) is 98.5 Å². The van der Waals surface area contributed by atoms with E-state index in [0.29, 0.717) is 23.8 Å². The fourth-order valence-electron chi connectivity index (χ4n) is 7.74. The van der Waals surface area contributed by atoms with E-state index in [1.54, 1.807) is 13.2 Å². The van der Waals surface area contributed by atoms with Gasteiger partial charge in [0, 0.05) is 25.1 Å². The zero-order chi connectivity index (χ0) is 37.7. The second-order valence-electron chi connectivity index (χ2n) is 15.2. The van der Waals surface area contributed by atoms with E-state index in [-0.39, 0.29) is 48.1 Å². The Hall–Kier alpha value is -3.67. The first kappa shape index (κ1) is 40.1. The third-order valence-corrected chi connectivity index (χ3v) is 11.0. The quantitative estimate of drug-likeness (QED) is 0.196. The molecule has 0 spiro atoms. The number of phenolic OH excluding ortho intramolecular Hbond substituents is 1. The van der Waals surface area contributed by atoms with Crippen molar-refractivity contribution in [1.29, 1.82) is 0 Å². The minimum Gasteiger partial charge on any atom is -0.503 e. The number of nitrogens with two attached hydrogens (primary N) is 1. The molecular formula is C40H59N3O8. The Morgan fingerprint density at radius 2 is 1.90 bits per heavy atom. The van der Waals surface area contributed by atoms with Crippen LogP contribution in [0.2, 0.25) is 0 Å². The van der Waals surface area contributed by atoms with Gasteiger partial charge in [-0.25, -0.2) is 4.79 Å². The lowest BCUT2D eigenvalue weighted by Crippen LogP contribution is -2.65. The number of allylic oxidation sites excluding steroid dienone is 5. The average Bonchev–Trinajstić information content (AvgIpc) is 3.72. The van der Waals surface area contributed by atoms with Gasteiger partial charge < -0.3 is 35.1 Å². The number of epoxide rings is 1. The predicted octanol–water partition coefficient (Wildman–Crippen LogP) is 6.25. The number of amides is 1. The first-order chi connectivity index (χ1) is 24.0. The van der Waals surface area contributed by atoms with Crippen molar-refractivity contribution in [3.8, 4) is 11.5 Å². The number of carbonyl (C=O) groups excluding carboxylic acids is 3. The summed E-state index contributed by atoms with van der Waals surface area (Å²) in [6.45, 7) is 11.2. The zero-order valence-electron chi connectivity index (χ0n) is 31.7. The number of rotatable bonds is 6. The monoisotopic (exact) mass is 709 g/mol. The molecule has 1 aromatic carbocycles. The Morgan fingerprint density at radius 3 is 2.47 bits per heavy atom. The molecule has 0 aromatic heterocycles. The molecule has 2 saturated heterocycles. The number of aliphatic hydroxyl groups is 1. The van der Waals surface area contributed by atoms with Crippen LogP contribution in [0, 0.1) is 17.8 Å². The number of alkyl carbamates (subject to hydrolysis) is 1. The number of nitrogens with one attached hydrogen (secondary N) is 1. The van der Waals surface area contributed by atoms with E-state index in [2.05, 4.69) is 30.1 Å². The average molecular weight is 710 g/mol. The number of Topliss-reactive ketones (excluding diaryl/α,β-unsaturated/α-hetero) is 2. The van der Waals surface area contributed by atoms with Crippen LogP contribution in [0.4, 0.5) is 10.5 Å². The van der Waals surface area contributed by atoms with Crippen LogP contribution in [-0.4, -0.2) is 71.6 Å². The summed E-state index contributed by atoms with van der Waals surface area (Å²) in [5, 5.41) is 25.4. The van der Waals surface area contributed by atoms with E-state index in [9.17, 15) is 24.6 Å². The highest BCUT2D eigenvalue weighted by Crippen LogP contribution is 2.56. The van der Waals surface area contributed by atoms with Crippen LogP contribution in [0.5, 0.6) is 11.5 Å². The number of aromatic hydroxyl groups is 1. The lowest BCUT2D eigenvalue weighted by atomic mass is 9.67. The van der Waals surface area contributed by atoms with Crippen molar-refractivity contribution in [2.75, 3.05) is 19.1 Å². The summed E-state index contributed by atoms with van der Waals surface area (Å²) in [5.41, 5.74) is 8.30. The van der Waals surface area contributed by atoms with Crippen molar-refractivity contribution in [2.45, 2.75) is 129 Å². The minimum absolute atomic E-state index is 0.0625. The number of ketones is 2. The molecule has 1 aliphatic carbocycles.